The van der Waals surface area contributed by atoms with Gasteiger partial charge in [-0.05, 0) is 105 Å². The molecule has 0 spiro atoms. The highest BCUT2D eigenvalue weighted by Crippen LogP contribution is 2.56. The Hall–Kier alpha value is -7.76. The Kier molecular flexibility index (Phi) is 10.1. The Labute approximate surface area is 413 Å². The monoisotopic (exact) mass is 924 g/mol. The van der Waals surface area contributed by atoms with Gasteiger partial charge in [0.15, 0.2) is 16.7 Å². The van der Waals surface area contributed by atoms with E-state index in [2.05, 4.69) is 194 Å². The minimum Gasteiger partial charge on any atom is -0.454 e. The van der Waals surface area contributed by atoms with Crippen LogP contribution in [0, 0.1) is 13.8 Å². The normalized spacial score (nSPS) is 15.1. The quantitative estimate of drug-likeness (QED) is 0.142. The van der Waals surface area contributed by atoms with E-state index in [-0.39, 0.29) is 0 Å². The van der Waals surface area contributed by atoms with E-state index in [9.17, 15) is 0 Å². The van der Waals surface area contributed by atoms with E-state index in [0.29, 0.717) is 11.8 Å². The van der Waals surface area contributed by atoms with Gasteiger partial charge in [0.1, 0.15) is 16.7 Å². The average molecular weight is 925 g/mol. The summed E-state index contributed by atoms with van der Waals surface area (Å²) in [6.07, 6.45) is 12.5. The van der Waals surface area contributed by atoms with Gasteiger partial charge in [-0.3, -0.25) is 0 Å². The Morgan fingerprint density at radius 2 is 0.746 bits per heavy atom. The summed E-state index contributed by atoms with van der Waals surface area (Å²) < 4.78 is 22.0. The molecule has 2 fully saturated rings. The molecule has 71 heavy (non-hydrogen) atoms. The molecule has 2 aliphatic rings. The highest BCUT2D eigenvalue weighted by Gasteiger charge is 2.33. The third-order valence-electron chi connectivity index (χ3n) is 16.2. The summed E-state index contributed by atoms with van der Waals surface area (Å²) >= 11 is 0. The van der Waals surface area contributed by atoms with Crippen molar-refractivity contribution < 1.29 is 13.3 Å². The fourth-order valence-corrected chi connectivity index (χ4v) is 12.7. The lowest BCUT2D eigenvalue weighted by molar-refractivity contribution is 0.442. The number of anilines is 6. The smallest absolute Gasteiger partial charge is 0.162 e. The van der Waals surface area contributed by atoms with Gasteiger partial charge in [0.05, 0.1) is 28.1 Å². The SMILES string of the molecule is Cc1ccc(N(c2cccc3c2oc2c(C4CCCCC4)cccc23)c2c3ccccc3c(N(c3ccc(C)cc3)c3cccc4c3oc3c(C5CCCCC5)cccc34)c3c2oc2ccccc23)cc1. The molecule has 0 saturated heterocycles. The van der Waals surface area contributed by atoms with Gasteiger partial charge in [0, 0.05) is 49.1 Å². The first-order valence-electron chi connectivity index (χ1n) is 26.1. The van der Waals surface area contributed by atoms with Crippen LogP contribution >= 0.6 is 0 Å². The van der Waals surface area contributed by atoms with Crippen LogP contribution in [0.1, 0.15) is 98.3 Å². The van der Waals surface area contributed by atoms with Gasteiger partial charge < -0.3 is 23.1 Å². The number of aryl methyl sites for hydroxylation is 2. The van der Waals surface area contributed by atoms with E-state index in [1.807, 2.05) is 0 Å². The summed E-state index contributed by atoms with van der Waals surface area (Å²) in [6.45, 7) is 4.31. The summed E-state index contributed by atoms with van der Waals surface area (Å²) in [5, 5.41) is 8.79. The lowest BCUT2D eigenvalue weighted by atomic mass is 9.83. The Morgan fingerprint density at radius 3 is 1.25 bits per heavy atom. The van der Waals surface area contributed by atoms with Crippen molar-refractivity contribution >= 4 is 111 Å². The lowest BCUT2D eigenvalue weighted by Crippen LogP contribution is -2.14. The highest BCUT2D eigenvalue weighted by atomic mass is 16.3. The standard InChI is InChI=1S/C66H56N2O3/c1-41-33-37-45(38-34-41)67(56-30-15-28-53-51-26-13-24-47(62(51)70-64(53)56)43-17-5-3-6-18-43)60-49-21-9-10-22-50(49)61(66-59(60)55-23-11-12-32-58(55)69-66)68(46-39-35-42(2)36-40-46)57-31-16-29-54-52-27-14-25-48(63(52)71-65(54)57)44-19-7-4-8-20-44/h9-16,21-40,43-44H,3-8,17-20H2,1-2H3. The van der Waals surface area contributed by atoms with E-state index in [1.54, 1.807) is 0 Å². The molecule has 5 heteroatoms. The zero-order valence-electron chi connectivity index (χ0n) is 40.5. The first-order valence-corrected chi connectivity index (χ1v) is 26.1. The second-order valence-electron chi connectivity index (χ2n) is 20.5. The second kappa shape index (κ2) is 17.0. The van der Waals surface area contributed by atoms with Gasteiger partial charge in [-0.2, -0.15) is 0 Å². The Morgan fingerprint density at radius 1 is 0.338 bits per heavy atom. The zero-order valence-corrected chi connectivity index (χ0v) is 40.5. The number of benzene rings is 9. The molecule has 0 N–H and O–H groups in total. The van der Waals surface area contributed by atoms with Crippen LogP contribution in [0.5, 0.6) is 0 Å². The molecule has 0 bridgehead atoms. The number of furan rings is 3. The minimum absolute atomic E-state index is 0.497. The number of rotatable bonds is 8. The summed E-state index contributed by atoms with van der Waals surface area (Å²) in [4.78, 5) is 4.86. The van der Waals surface area contributed by atoms with Crippen LogP contribution in [0.25, 0.3) is 76.6 Å². The molecular weight excluding hydrogens is 869 g/mol. The van der Waals surface area contributed by atoms with Gasteiger partial charge >= 0.3 is 0 Å². The summed E-state index contributed by atoms with van der Waals surface area (Å²) in [5.41, 5.74) is 16.5. The lowest BCUT2D eigenvalue weighted by Gasteiger charge is -2.31. The van der Waals surface area contributed by atoms with Gasteiger partial charge in [0.25, 0.3) is 0 Å². The van der Waals surface area contributed by atoms with Crippen LogP contribution in [0.4, 0.5) is 34.1 Å². The van der Waals surface area contributed by atoms with Gasteiger partial charge in [-0.1, -0.05) is 177 Å². The molecule has 14 rings (SSSR count). The molecule has 0 radical (unpaired) electrons. The maximum absolute atomic E-state index is 7.39. The molecule has 9 aromatic carbocycles. The topological polar surface area (TPSA) is 45.9 Å². The fourth-order valence-electron chi connectivity index (χ4n) is 12.7. The average Bonchev–Trinajstić information content (AvgIpc) is 4.13. The van der Waals surface area contributed by atoms with Gasteiger partial charge in [0.2, 0.25) is 0 Å². The van der Waals surface area contributed by atoms with E-state index in [4.69, 9.17) is 13.3 Å². The third kappa shape index (κ3) is 6.80. The molecule has 2 saturated carbocycles. The number of fused-ring (bicyclic) bond motifs is 10. The molecule has 12 aromatic rings. The minimum atomic E-state index is 0.497. The predicted octanol–water partition coefficient (Wildman–Crippen LogP) is 20.2. The van der Waals surface area contributed by atoms with Crippen LogP contribution in [0.3, 0.4) is 0 Å². The van der Waals surface area contributed by atoms with E-state index < -0.39 is 0 Å². The van der Waals surface area contributed by atoms with Crippen molar-refractivity contribution in [1.29, 1.82) is 0 Å². The predicted molar refractivity (Wildman–Crippen MR) is 296 cm³/mol. The van der Waals surface area contributed by atoms with Crippen LogP contribution in [-0.2, 0) is 0 Å². The molecule has 5 nitrogen and oxygen atoms in total. The molecule has 3 aromatic heterocycles. The van der Waals surface area contributed by atoms with E-state index >= 15 is 0 Å². The number of nitrogens with zero attached hydrogens (tertiary/aromatic N) is 2. The van der Waals surface area contributed by atoms with Crippen molar-refractivity contribution in [3.05, 3.63) is 192 Å². The van der Waals surface area contributed by atoms with Crippen molar-refractivity contribution in [1.82, 2.24) is 0 Å². The van der Waals surface area contributed by atoms with Gasteiger partial charge in [-0.25, -0.2) is 0 Å². The van der Waals surface area contributed by atoms with Gasteiger partial charge in [-0.15, -0.1) is 0 Å². The van der Waals surface area contributed by atoms with E-state index in [1.165, 1.54) is 97.2 Å². The van der Waals surface area contributed by atoms with Crippen molar-refractivity contribution in [2.24, 2.45) is 0 Å². The van der Waals surface area contributed by atoms with Crippen molar-refractivity contribution in [2.45, 2.75) is 89.9 Å². The molecule has 2 aliphatic carbocycles. The molecule has 348 valence electrons. The highest BCUT2D eigenvalue weighted by molar-refractivity contribution is 6.29. The Balaban J connectivity index is 1.08. The van der Waals surface area contributed by atoms with Crippen LogP contribution in [0.2, 0.25) is 0 Å². The molecule has 0 amide bonds. The molecule has 0 atom stereocenters. The Bertz CT molecular complexity index is 3990. The van der Waals surface area contributed by atoms with Crippen molar-refractivity contribution in [3.8, 4) is 0 Å². The first-order chi connectivity index (χ1) is 35.1. The summed E-state index contributed by atoms with van der Waals surface area (Å²) in [6, 6.07) is 62.2. The number of hydrogen-bond acceptors (Lipinski definition) is 5. The van der Waals surface area contributed by atoms with Crippen LogP contribution in [-0.4, -0.2) is 0 Å². The molecule has 0 unspecified atom stereocenters. The van der Waals surface area contributed by atoms with Crippen LogP contribution in [0.15, 0.2) is 183 Å². The molecule has 3 heterocycles. The van der Waals surface area contributed by atoms with Crippen LogP contribution < -0.4 is 9.80 Å². The molecular formula is C66H56N2O3. The summed E-state index contributed by atoms with van der Waals surface area (Å²) in [5.74, 6) is 0.996. The number of para-hydroxylation sites is 5. The second-order valence-corrected chi connectivity index (χ2v) is 20.5. The molecule has 0 aliphatic heterocycles. The maximum Gasteiger partial charge on any atom is 0.162 e. The van der Waals surface area contributed by atoms with Crippen molar-refractivity contribution in [3.63, 3.8) is 0 Å². The zero-order chi connectivity index (χ0) is 47.2. The first kappa shape index (κ1) is 42.1. The largest absolute Gasteiger partial charge is 0.454 e. The van der Waals surface area contributed by atoms with Crippen molar-refractivity contribution in [2.75, 3.05) is 9.80 Å². The maximum atomic E-state index is 7.39. The third-order valence-corrected chi connectivity index (χ3v) is 16.2. The fraction of sp³-hybridized carbons (Fsp3) is 0.212. The van der Waals surface area contributed by atoms with E-state index in [0.717, 1.165) is 99.9 Å². The summed E-state index contributed by atoms with van der Waals surface area (Å²) in [7, 11) is 0. The number of hydrogen-bond donors (Lipinski definition) is 0.